The number of hydrogen-bond donors (Lipinski definition) is 1. The summed E-state index contributed by atoms with van der Waals surface area (Å²) in [6.45, 7) is 0. The van der Waals surface area contributed by atoms with Gasteiger partial charge in [-0.15, -0.1) is 0 Å². The molecule has 6 nitrogen and oxygen atoms in total. The monoisotopic (exact) mass is 392 g/mol. The van der Waals surface area contributed by atoms with Crippen molar-refractivity contribution in [1.82, 2.24) is 10.3 Å². The van der Waals surface area contributed by atoms with Crippen LogP contribution >= 0.6 is 15.9 Å². The van der Waals surface area contributed by atoms with Crippen LogP contribution in [0.25, 0.3) is 0 Å². The zero-order valence-corrected chi connectivity index (χ0v) is 14.9. The van der Waals surface area contributed by atoms with Gasteiger partial charge in [0.25, 0.3) is 5.91 Å². The first-order valence-electron chi connectivity index (χ1n) is 7.17. The van der Waals surface area contributed by atoms with Crippen molar-refractivity contribution in [2.45, 2.75) is 12.5 Å². The van der Waals surface area contributed by atoms with E-state index >= 15 is 0 Å². The SMILES string of the molecule is COC(=O)CC(NC(=O)c1cccnc1OC)c1ccc(Br)cc1. The van der Waals surface area contributed by atoms with Crippen LogP contribution in [0, 0.1) is 0 Å². The summed E-state index contributed by atoms with van der Waals surface area (Å²) in [6.07, 6.45) is 1.56. The van der Waals surface area contributed by atoms with Crippen LogP contribution in [0.15, 0.2) is 47.1 Å². The number of carbonyl (C=O) groups is 2. The van der Waals surface area contributed by atoms with E-state index in [4.69, 9.17) is 9.47 Å². The summed E-state index contributed by atoms with van der Waals surface area (Å²) >= 11 is 3.36. The van der Waals surface area contributed by atoms with E-state index in [2.05, 4.69) is 26.2 Å². The van der Waals surface area contributed by atoms with Gasteiger partial charge in [-0.3, -0.25) is 9.59 Å². The van der Waals surface area contributed by atoms with E-state index < -0.39 is 12.0 Å². The quantitative estimate of drug-likeness (QED) is 0.764. The third-order valence-electron chi connectivity index (χ3n) is 3.39. The second-order valence-electron chi connectivity index (χ2n) is 4.92. The van der Waals surface area contributed by atoms with Crippen molar-refractivity contribution >= 4 is 27.8 Å². The van der Waals surface area contributed by atoms with Gasteiger partial charge in [0.1, 0.15) is 5.56 Å². The number of hydrogen-bond acceptors (Lipinski definition) is 5. The molecular weight excluding hydrogens is 376 g/mol. The summed E-state index contributed by atoms with van der Waals surface area (Å²) < 4.78 is 10.7. The number of ether oxygens (including phenoxy) is 2. The van der Waals surface area contributed by atoms with Crippen molar-refractivity contribution in [3.05, 3.63) is 58.2 Å². The highest BCUT2D eigenvalue weighted by Gasteiger charge is 2.21. The second kappa shape index (κ2) is 8.44. The van der Waals surface area contributed by atoms with Crippen molar-refractivity contribution in [2.75, 3.05) is 14.2 Å². The average molecular weight is 393 g/mol. The van der Waals surface area contributed by atoms with Crippen molar-refractivity contribution in [3.63, 3.8) is 0 Å². The van der Waals surface area contributed by atoms with Gasteiger partial charge in [-0.1, -0.05) is 28.1 Å². The number of esters is 1. The normalized spacial score (nSPS) is 11.5. The topological polar surface area (TPSA) is 77.5 Å². The fourth-order valence-corrected chi connectivity index (χ4v) is 2.42. The van der Waals surface area contributed by atoms with Crippen LogP contribution < -0.4 is 10.1 Å². The predicted molar refractivity (Wildman–Crippen MR) is 91.8 cm³/mol. The van der Waals surface area contributed by atoms with E-state index in [1.54, 1.807) is 12.1 Å². The first kappa shape index (κ1) is 17.9. The minimum atomic E-state index is -0.525. The minimum Gasteiger partial charge on any atom is -0.480 e. The Morgan fingerprint density at radius 3 is 2.54 bits per heavy atom. The molecule has 1 unspecified atom stereocenters. The Balaban J connectivity index is 2.25. The number of carbonyl (C=O) groups excluding carboxylic acids is 2. The molecule has 0 aliphatic carbocycles. The maximum Gasteiger partial charge on any atom is 0.307 e. The second-order valence-corrected chi connectivity index (χ2v) is 5.83. The largest absolute Gasteiger partial charge is 0.480 e. The molecule has 1 amide bonds. The van der Waals surface area contributed by atoms with E-state index in [-0.39, 0.29) is 18.2 Å². The van der Waals surface area contributed by atoms with Crippen LogP contribution in [0.1, 0.15) is 28.4 Å². The Morgan fingerprint density at radius 1 is 1.21 bits per heavy atom. The highest BCUT2D eigenvalue weighted by Crippen LogP contribution is 2.22. The molecule has 0 fully saturated rings. The Hall–Kier alpha value is -2.41. The number of halogens is 1. The first-order valence-corrected chi connectivity index (χ1v) is 7.96. The lowest BCUT2D eigenvalue weighted by atomic mass is 10.0. The number of benzene rings is 1. The van der Waals surface area contributed by atoms with E-state index in [0.29, 0.717) is 5.56 Å². The fraction of sp³-hybridized carbons (Fsp3) is 0.235. The van der Waals surface area contributed by atoms with Crippen LogP contribution in [0.2, 0.25) is 0 Å². The van der Waals surface area contributed by atoms with Crippen LogP contribution in [-0.2, 0) is 9.53 Å². The van der Waals surface area contributed by atoms with Crippen LogP contribution in [0.5, 0.6) is 5.88 Å². The summed E-state index contributed by atoms with van der Waals surface area (Å²) in [4.78, 5) is 28.2. The van der Waals surface area contributed by atoms with Crippen molar-refractivity contribution < 1.29 is 19.1 Å². The number of methoxy groups -OCH3 is 2. The van der Waals surface area contributed by atoms with E-state index in [0.717, 1.165) is 10.0 Å². The summed E-state index contributed by atoms with van der Waals surface area (Å²) in [6, 6.07) is 10.1. The van der Waals surface area contributed by atoms with Crippen molar-refractivity contribution in [1.29, 1.82) is 0 Å². The molecular formula is C17H17BrN2O4. The molecule has 1 heterocycles. The van der Waals surface area contributed by atoms with Crippen molar-refractivity contribution in [3.8, 4) is 5.88 Å². The molecule has 24 heavy (non-hydrogen) atoms. The third kappa shape index (κ3) is 4.55. The Labute approximate surface area is 148 Å². The molecule has 1 aromatic heterocycles. The molecule has 2 aromatic rings. The number of nitrogens with zero attached hydrogens (tertiary/aromatic N) is 1. The zero-order valence-electron chi connectivity index (χ0n) is 13.3. The van der Waals surface area contributed by atoms with Gasteiger partial charge in [-0.25, -0.2) is 4.98 Å². The van der Waals surface area contributed by atoms with Crippen LogP contribution in [0.3, 0.4) is 0 Å². The number of nitrogens with one attached hydrogen (secondary N) is 1. The molecule has 0 radical (unpaired) electrons. The first-order chi connectivity index (χ1) is 11.5. The number of aromatic nitrogens is 1. The van der Waals surface area contributed by atoms with Gasteiger partial charge in [-0.2, -0.15) is 0 Å². The van der Waals surface area contributed by atoms with Crippen LogP contribution in [0.4, 0.5) is 0 Å². The third-order valence-corrected chi connectivity index (χ3v) is 3.91. The predicted octanol–water partition coefficient (Wildman–Crippen LogP) is 2.89. The molecule has 126 valence electrons. The number of amides is 1. The van der Waals surface area contributed by atoms with Gasteiger partial charge < -0.3 is 14.8 Å². The summed E-state index contributed by atoms with van der Waals surface area (Å²) in [5, 5.41) is 2.83. The molecule has 0 saturated heterocycles. The number of rotatable bonds is 6. The summed E-state index contributed by atoms with van der Waals surface area (Å²) in [7, 11) is 2.76. The zero-order chi connectivity index (χ0) is 17.5. The van der Waals surface area contributed by atoms with E-state index in [9.17, 15) is 9.59 Å². The van der Waals surface area contributed by atoms with Gasteiger partial charge in [-0.05, 0) is 29.8 Å². The smallest absolute Gasteiger partial charge is 0.307 e. The van der Waals surface area contributed by atoms with E-state index in [1.165, 1.54) is 20.4 Å². The van der Waals surface area contributed by atoms with Gasteiger partial charge in [0, 0.05) is 10.7 Å². The molecule has 0 spiro atoms. The van der Waals surface area contributed by atoms with E-state index in [1.807, 2.05) is 24.3 Å². The Bertz CT molecular complexity index is 719. The van der Waals surface area contributed by atoms with Gasteiger partial charge in [0.05, 0.1) is 26.7 Å². The number of pyridine rings is 1. The fourth-order valence-electron chi connectivity index (χ4n) is 2.16. The maximum atomic E-state index is 12.6. The standard InChI is InChI=1S/C17H17BrN2O4/c1-23-15(21)10-14(11-5-7-12(18)8-6-11)20-16(22)13-4-3-9-19-17(13)24-2/h3-9,14H,10H2,1-2H3,(H,20,22). The molecule has 0 saturated carbocycles. The maximum absolute atomic E-state index is 12.6. The molecule has 1 N–H and O–H groups in total. The Kier molecular flexibility index (Phi) is 6.31. The molecule has 7 heteroatoms. The average Bonchev–Trinajstić information content (AvgIpc) is 2.61. The highest BCUT2D eigenvalue weighted by atomic mass is 79.9. The molecule has 0 aliphatic heterocycles. The van der Waals surface area contributed by atoms with Crippen molar-refractivity contribution in [2.24, 2.45) is 0 Å². The van der Waals surface area contributed by atoms with Gasteiger partial charge in [0.15, 0.2) is 0 Å². The lowest BCUT2D eigenvalue weighted by Crippen LogP contribution is -2.30. The van der Waals surface area contributed by atoms with Gasteiger partial charge >= 0.3 is 5.97 Å². The van der Waals surface area contributed by atoms with Crippen LogP contribution in [-0.4, -0.2) is 31.1 Å². The molecule has 0 aliphatic rings. The Morgan fingerprint density at radius 2 is 1.92 bits per heavy atom. The molecule has 0 bridgehead atoms. The molecule has 2 rings (SSSR count). The molecule has 1 aromatic carbocycles. The lowest BCUT2D eigenvalue weighted by molar-refractivity contribution is -0.141. The summed E-state index contributed by atoms with van der Waals surface area (Å²) in [5.74, 6) is -0.569. The van der Waals surface area contributed by atoms with Gasteiger partial charge in [0.2, 0.25) is 5.88 Å². The summed E-state index contributed by atoms with van der Waals surface area (Å²) in [5.41, 5.74) is 1.09. The highest BCUT2D eigenvalue weighted by molar-refractivity contribution is 9.10. The lowest BCUT2D eigenvalue weighted by Gasteiger charge is -2.19. The molecule has 1 atom stereocenters. The minimum absolute atomic E-state index is 0.0203.